The van der Waals surface area contributed by atoms with Gasteiger partial charge in [-0.2, -0.15) is 0 Å². The zero-order valence-electron chi connectivity index (χ0n) is 32.7. The third-order valence-electron chi connectivity index (χ3n) is 7.61. The number of urea groups is 2. The maximum Gasteiger partial charge on any atom is 1.00 e. The molecule has 20 nitrogen and oxygen atoms in total. The van der Waals surface area contributed by atoms with Crippen LogP contribution in [0, 0.1) is 6.92 Å². The summed E-state index contributed by atoms with van der Waals surface area (Å²) in [6, 6.07) is 18.0. The summed E-state index contributed by atoms with van der Waals surface area (Å²) in [5, 5.41) is 14.5. The quantitative estimate of drug-likeness (QED) is 0.0500. The number of carbonyl (C=O) groups excluding carboxylic acids is 2. The summed E-state index contributed by atoms with van der Waals surface area (Å²) in [4.78, 5) is 22.4. The Morgan fingerprint density at radius 2 is 0.689 bits per heavy atom. The van der Waals surface area contributed by atoms with Crippen LogP contribution in [0.3, 0.4) is 0 Å². The predicted molar refractivity (Wildman–Crippen MR) is 201 cm³/mol. The van der Waals surface area contributed by atoms with Crippen molar-refractivity contribution in [3.8, 4) is 0 Å². The molecule has 0 spiro atoms. The summed E-state index contributed by atoms with van der Waals surface area (Å²) >= 11 is 0. The van der Waals surface area contributed by atoms with Gasteiger partial charge in [-0.25, -0.2) is 43.3 Å². The molecule has 5 aromatic carbocycles. The van der Waals surface area contributed by atoms with Crippen molar-refractivity contribution in [2.75, 3.05) is 31.9 Å². The number of anilines is 8. The zero-order valence-corrected chi connectivity index (χ0v) is 43.9. The van der Waals surface area contributed by atoms with E-state index in [-0.39, 0.29) is 130 Å². The number of hydrogen-bond acceptors (Lipinski definition) is 16. The number of benzene rings is 5. The van der Waals surface area contributed by atoms with E-state index >= 15 is 0 Å². The standard InChI is InChI=1S/C33H30N6O14S4.4Na/c1-19-10-11-20(34-21-12-14-30(56(48,49)50)26(17-21)38-32(40)36-23-6-2-4-8-28(23)54(42,43)44)16-25(19)35-22-13-15-31(57(51,52)53)27(18-22)39-33(41)37-24-7-3-5-9-29(24)55(45,46)47;;;;/h2-18,34-35H,1H3,(H2,36,38,40)(H2,37,39,41)(H,42,43,44)(H,45,46,47)(H,48,49,50)(H,51,52,53);;;;/q;4*+1/p-4. The fourth-order valence-corrected chi connectivity index (χ4v) is 7.63. The third-order valence-corrected chi connectivity index (χ3v) is 11.2. The summed E-state index contributed by atoms with van der Waals surface area (Å²) < 4.78 is 142. The van der Waals surface area contributed by atoms with Gasteiger partial charge in [-0.3, -0.25) is 0 Å². The molecule has 0 aliphatic heterocycles. The van der Waals surface area contributed by atoms with Crippen molar-refractivity contribution in [2.24, 2.45) is 0 Å². The molecular formula is C33H26N6Na4O14S4. The molecule has 0 aliphatic rings. The first-order valence-electron chi connectivity index (χ1n) is 15.6. The van der Waals surface area contributed by atoms with E-state index in [9.17, 15) is 61.5 Å². The van der Waals surface area contributed by atoms with Gasteiger partial charge < -0.3 is 50.1 Å². The molecule has 0 radical (unpaired) electrons. The first kappa shape index (κ1) is 56.9. The zero-order chi connectivity index (χ0) is 41.9. The maximum absolute atomic E-state index is 12.8. The maximum atomic E-state index is 12.8. The summed E-state index contributed by atoms with van der Waals surface area (Å²) in [6.07, 6.45) is 0. The van der Waals surface area contributed by atoms with Gasteiger partial charge >= 0.3 is 130 Å². The summed E-state index contributed by atoms with van der Waals surface area (Å²) in [5.41, 5.74) is -0.302. The van der Waals surface area contributed by atoms with Crippen LogP contribution in [-0.4, -0.2) is 63.9 Å². The van der Waals surface area contributed by atoms with E-state index in [2.05, 4.69) is 31.9 Å². The van der Waals surface area contributed by atoms with E-state index in [1.165, 1.54) is 42.5 Å². The molecule has 61 heavy (non-hydrogen) atoms. The Morgan fingerprint density at radius 1 is 0.393 bits per heavy atom. The van der Waals surface area contributed by atoms with Gasteiger partial charge in [0.05, 0.1) is 42.3 Å². The van der Waals surface area contributed by atoms with E-state index < -0.39 is 94.9 Å². The molecule has 6 N–H and O–H groups in total. The first-order valence-corrected chi connectivity index (χ1v) is 21.2. The fraction of sp³-hybridized carbons (Fsp3) is 0.0303. The van der Waals surface area contributed by atoms with Crippen molar-refractivity contribution in [1.82, 2.24) is 0 Å². The largest absolute Gasteiger partial charge is 1.00 e. The van der Waals surface area contributed by atoms with Gasteiger partial charge in [0.1, 0.15) is 40.5 Å². The Bertz CT molecular complexity index is 2890. The average Bonchev–Trinajstić information content (AvgIpc) is 3.08. The monoisotopic (exact) mass is 950 g/mol. The van der Waals surface area contributed by atoms with Crippen LogP contribution in [0.4, 0.5) is 55.1 Å². The van der Waals surface area contributed by atoms with Crippen molar-refractivity contribution >= 4 is 98.0 Å². The van der Waals surface area contributed by atoms with E-state index in [0.717, 1.165) is 48.5 Å². The van der Waals surface area contributed by atoms with Crippen LogP contribution in [0.1, 0.15) is 5.56 Å². The number of rotatable bonds is 12. The van der Waals surface area contributed by atoms with Gasteiger partial charge in [0.15, 0.2) is 0 Å². The second-order valence-corrected chi connectivity index (χ2v) is 17.1. The van der Waals surface area contributed by atoms with Crippen molar-refractivity contribution in [1.29, 1.82) is 0 Å². The van der Waals surface area contributed by atoms with Gasteiger partial charge in [0.2, 0.25) is 0 Å². The summed E-state index contributed by atoms with van der Waals surface area (Å²) in [7, 11) is -20.4. The molecule has 0 bridgehead atoms. The van der Waals surface area contributed by atoms with Crippen molar-refractivity contribution in [3.63, 3.8) is 0 Å². The van der Waals surface area contributed by atoms with Crippen molar-refractivity contribution in [2.45, 2.75) is 26.5 Å². The number of aryl methyl sites for hydroxylation is 1. The molecule has 0 saturated heterocycles. The van der Waals surface area contributed by atoms with Gasteiger partial charge in [-0.1, -0.05) is 30.3 Å². The molecule has 28 heteroatoms. The van der Waals surface area contributed by atoms with E-state index in [1.807, 2.05) is 0 Å². The number of amides is 4. The molecule has 0 heterocycles. The average molecular weight is 951 g/mol. The Hall–Kier alpha value is -2.12. The van der Waals surface area contributed by atoms with Crippen LogP contribution in [0.2, 0.25) is 0 Å². The Balaban J connectivity index is 0.00000465. The van der Waals surface area contributed by atoms with Gasteiger partial charge in [0, 0.05) is 22.7 Å². The molecule has 4 amide bonds. The SMILES string of the molecule is Cc1ccc(Nc2ccc(S(=O)(=O)[O-])c(NC(=O)Nc3ccccc3S(=O)(=O)[O-])c2)cc1Nc1ccc(S(=O)(=O)[O-])c(NC(=O)Nc2ccccc2S(=O)(=O)[O-])c1.[Na+].[Na+].[Na+].[Na+]. The first-order chi connectivity index (χ1) is 26.5. The van der Waals surface area contributed by atoms with Crippen molar-refractivity contribution < 1.29 is 180 Å². The topological polar surface area (TPSA) is 335 Å². The molecule has 0 atom stereocenters. The Labute approximate surface area is 439 Å². The normalized spacial score (nSPS) is 11.2. The predicted octanol–water partition coefficient (Wildman–Crippen LogP) is -7.60. The minimum atomic E-state index is -5.17. The van der Waals surface area contributed by atoms with Crippen LogP contribution in [0.5, 0.6) is 0 Å². The minimum Gasteiger partial charge on any atom is -0.744 e. The number of hydrogen-bond donors (Lipinski definition) is 6. The molecule has 0 saturated carbocycles. The molecule has 0 aliphatic carbocycles. The van der Waals surface area contributed by atoms with Crippen LogP contribution < -0.4 is 150 Å². The molecular weight excluding hydrogens is 925 g/mol. The van der Waals surface area contributed by atoms with E-state index in [0.29, 0.717) is 16.9 Å². The molecule has 5 rings (SSSR count). The molecule has 0 fully saturated rings. The van der Waals surface area contributed by atoms with E-state index in [1.54, 1.807) is 19.1 Å². The smallest absolute Gasteiger partial charge is 0.744 e. The van der Waals surface area contributed by atoms with Gasteiger partial charge in [0.25, 0.3) is 0 Å². The van der Waals surface area contributed by atoms with Crippen molar-refractivity contribution in [3.05, 3.63) is 109 Å². The fourth-order valence-electron chi connectivity index (χ4n) is 5.13. The molecule has 300 valence electrons. The van der Waals surface area contributed by atoms with Gasteiger partial charge in [-0.05, 0) is 85.3 Å². The number of carbonyl (C=O) groups is 2. The molecule has 0 unspecified atom stereocenters. The Morgan fingerprint density at radius 3 is 1.07 bits per heavy atom. The Kier molecular flexibility index (Phi) is 21.6. The van der Waals surface area contributed by atoms with Crippen LogP contribution in [0.15, 0.2) is 123 Å². The summed E-state index contributed by atoms with van der Waals surface area (Å²) in [6.45, 7) is 1.68. The second kappa shape index (κ2) is 23.2. The second-order valence-electron chi connectivity index (χ2n) is 11.7. The van der Waals surface area contributed by atoms with Crippen LogP contribution in [0.25, 0.3) is 0 Å². The van der Waals surface area contributed by atoms with E-state index in [4.69, 9.17) is 0 Å². The number of para-hydroxylation sites is 2. The number of nitrogens with one attached hydrogen (secondary N) is 6. The van der Waals surface area contributed by atoms with Gasteiger partial charge in [-0.15, -0.1) is 0 Å². The van der Waals surface area contributed by atoms with Crippen LogP contribution >= 0.6 is 0 Å². The molecule has 5 aromatic rings. The van der Waals surface area contributed by atoms with Crippen LogP contribution in [-0.2, 0) is 40.5 Å². The summed E-state index contributed by atoms with van der Waals surface area (Å²) in [5.74, 6) is 0. The molecule has 0 aromatic heterocycles. The third kappa shape index (κ3) is 15.8. The minimum absolute atomic E-state index is 0.